The van der Waals surface area contributed by atoms with Crippen LogP contribution >= 0.6 is 11.6 Å². The molecule has 0 aliphatic rings. The van der Waals surface area contributed by atoms with Gasteiger partial charge in [0.15, 0.2) is 11.5 Å². The Morgan fingerprint density at radius 1 is 1.05 bits per heavy atom. The fourth-order valence-electron chi connectivity index (χ4n) is 1.71. The molecule has 108 valence electrons. The predicted octanol–water partition coefficient (Wildman–Crippen LogP) is 3.81. The predicted molar refractivity (Wildman–Crippen MR) is 80.4 cm³/mol. The van der Waals surface area contributed by atoms with E-state index in [1.807, 2.05) is 12.1 Å². The number of ether oxygens (including phenoxy) is 2. The monoisotopic (exact) mass is 285 g/mol. The zero-order valence-corrected chi connectivity index (χ0v) is 12.6. The van der Waals surface area contributed by atoms with E-state index in [1.165, 1.54) is 0 Å². The molecule has 0 fully saturated rings. The summed E-state index contributed by atoms with van der Waals surface area (Å²) in [4.78, 5) is 0. The number of benzene rings is 1. The van der Waals surface area contributed by atoms with E-state index in [-0.39, 0.29) is 0 Å². The zero-order valence-electron chi connectivity index (χ0n) is 11.9. The Balaban J connectivity index is 2.91. The van der Waals surface area contributed by atoms with Gasteiger partial charge in [0.1, 0.15) is 0 Å². The molecule has 1 rings (SSSR count). The molecular formula is C15H24ClNO2. The normalized spacial score (nSPS) is 10.5. The Morgan fingerprint density at radius 2 is 1.63 bits per heavy atom. The van der Waals surface area contributed by atoms with Crippen LogP contribution in [0.15, 0.2) is 12.1 Å². The van der Waals surface area contributed by atoms with Crippen LogP contribution < -0.4 is 15.2 Å². The topological polar surface area (TPSA) is 44.5 Å². The highest BCUT2D eigenvalue weighted by Crippen LogP contribution is 2.34. The van der Waals surface area contributed by atoms with Crippen molar-refractivity contribution in [3.63, 3.8) is 0 Å². The third kappa shape index (κ3) is 5.29. The van der Waals surface area contributed by atoms with Gasteiger partial charge in [-0.05, 0) is 43.9 Å². The Bertz CT molecular complexity index is 383. The number of hydrogen-bond donors (Lipinski definition) is 1. The van der Waals surface area contributed by atoms with Gasteiger partial charge in [0.2, 0.25) is 0 Å². The van der Waals surface area contributed by atoms with Crippen molar-refractivity contribution in [2.45, 2.75) is 39.5 Å². The summed E-state index contributed by atoms with van der Waals surface area (Å²) in [6.07, 6.45) is 3.71. The molecule has 0 aromatic heterocycles. The van der Waals surface area contributed by atoms with Crippen LogP contribution in [0.1, 0.15) is 38.7 Å². The molecule has 0 spiro atoms. The molecule has 0 unspecified atom stereocenters. The van der Waals surface area contributed by atoms with Crippen molar-refractivity contribution in [1.82, 2.24) is 0 Å². The van der Waals surface area contributed by atoms with Gasteiger partial charge in [-0.3, -0.25) is 0 Å². The molecule has 0 saturated carbocycles. The summed E-state index contributed by atoms with van der Waals surface area (Å²) in [6.45, 7) is 6.17. The molecule has 1 aromatic carbocycles. The smallest absolute Gasteiger partial charge is 0.162 e. The van der Waals surface area contributed by atoms with Gasteiger partial charge in [-0.25, -0.2) is 0 Å². The first-order chi connectivity index (χ1) is 9.22. The molecule has 0 amide bonds. The Hall–Kier alpha value is -0.930. The first-order valence-electron chi connectivity index (χ1n) is 7.01. The van der Waals surface area contributed by atoms with Crippen LogP contribution in [0.2, 0.25) is 5.02 Å². The summed E-state index contributed by atoms with van der Waals surface area (Å²) >= 11 is 6.27. The van der Waals surface area contributed by atoms with Gasteiger partial charge in [0.25, 0.3) is 0 Å². The van der Waals surface area contributed by atoms with E-state index < -0.39 is 0 Å². The summed E-state index contributed by atoms with van der Waals surface area (Å²) in [6, 6.07) is 3.84. The molecule has 3 nitrogen and oxygen atoms in total. The van der Waals surface area contributed by atoms with E-state index in [0.29, 0.717) is 19.8 Å². The largest absolute Gasteiger partial charge is 0.490 e. The molecule has 0 atom stereocenters. The fourth-order valence-corrected chi connectivity index (χ4v) is 1.96. The Kier molecular flexibility index (Phi) is 7.68. The average molecular weight is 286 g/mol. The summed E-state index contributed by atoms with van der Waals surface area (Å²) in [5.74, 6) is 1.52. The van der Waals surface area contributed by atoms with Crippen molar-refractivity contribution in [2.75, 3.05) is 19.8 Å². The number of nitrogens with two attached hydrogens (primary N) is 1. The van der Waals surface area contributed by atoms with Gasteiger partial charge in [-0.15, -0.1) is 0 Å². The van der Waals surface area contributed by atoms with E-state index in [9.17, 15) is 0 Å². The van der Waals surface area contributed by atoms with E-state index in [2.05, 4.69) is 13.8 Å². The molecule has 4 heteroatoms. The molecule has 19 heavy (non-hydrogen) atoms. The Morgan fingerprint density at radius 3 is 2.16 bits per heavy atom. The lowest BCUT2D eigenvalue weighted by molar-refractivity contribution is 0.268. The highest BCUT2D eigenvalue weighted by molar-refractivity contribution is 6.31. The molecule has 1 aromatic rings. The van der Waals surface area contributed by atoms with Crippen LogP contribution in [0.3, 0.4) is 0 Å². The van der Waals surface area contributed by atoms with Gasteiger partial charge in [-0.1, -0.05) is 25.4 Å². The number of halogens is 1. The van der Waals surface area contributed by atoms with Gasteiger partial charge in [0.05, 0.1) is 13.2 Å². The molecular weight excluding hydrogens is 262 g/mol. The Labute approximate surface area is 121 Å². The lowest BCUT2D eigenvalue weighted by Crippen LogP contribution is -2.04. The highest BCUT2D eigenvalue weighted by atomic mass is 35.5. The van der Waals surface area contributed by atoms with Crippen LogP contribution in [-0.4, -0.2) is 19.8 Å². The first-order valence-corrected chi connectivity index (χ1v) is 7.38. The molecule has 0 aliphatic heterocycles. The second kappa shape index (κ2) is 9.05. The SMILES string of the molecule is CCCOc1cc(Cl)c(CCCN)cc1OCCC. The van der Waals surface area contributed by atoms with Crippen molar-refractivity contribution in [3.8, 4) is 11.5 Å². The third-order valence-electron chi connectivity index (χ3n) is 2.69. The van der Waals surface area contributed by atoms with Gasteiger partial charge < -0.3 is 15.2 Å². The minimum absolute atomic E-state index is 0.662. The maximum absolute atomic E-state index is 6.27. The van der Waals surface area contributed by atoms with Crippen LogP contribution in [-0.2, 0) is 6.42 Å². The van der Waals surface area contributed by atoms with E-state index >= 15 is 0 Å². The second-order valence-electron chi connectivity index (χ2n) is 4.48. The lowest BCUT2D eigenvalue weighted by Gasteiger charge is -2.15. The van der Waals surface area contributed by atoms with Crippen molar-refractivity contribution in [2.24, 2.45) is 5.73 Å². The summed E-state index contributed by atoms with van der Waals surface area (Å²) in [5, 5.41) is 0.725. The molecule has 0 bridgehead atoms. The van der Waals surface area contributed by atoms with Gasteiger partial charge in [-0.2, -0.15) is 0 Å². The summed E-state index contributed by atoms with van der Waals surface area (Å²) in [5.41, 5.74) is 6.61. The maximum atomic E-state index is 6.27. The molecule has 0 saturated heterocycles. The second-order valence-corrected chi connectivity index (χ2v) is 4.89. The quantitative estimate of drug-likeness (QED) is 0.750. The van der Waals surface area contributed by atoms with E-state index in [1.54, 1.807) is 0 Å². The first kappa shape index (κ1) is 16.1. The number of aryl methyl sites for hydroxylation is 1. The standard InChI is InChI=1S/C15H24ClNO2/c1-3-8-18-14-10-12(6-5-7-17)13(16)11-15(14)19-9-4-2/h10-11H,3-9,17H2,1-2H3. The van der Waals surface area contributed by atoms with Crippen LogP contribution in [0.5, 0.6) is 11.5 Å². The summed E-state index contributed by atoms with van der Waals surface area (Å²) in [7, 11) is 0. The minimum Gasteiger partial charge on any atom is -0.490 e. The van der Waals surface area contributed by atoms with Crippen molar-refractivity contribution in [3.05, 3.63) is 22.7 Å². The van der Waals surface area contributed by atoms with Crippen LogP contribution in [0.25, 0.3) is 0 Å². The van der Waals surface area contributed by atoms with Crippen molar-refractivity contribution >= 4 is 11.6 Å². The molecule has 0 heterocycles. The van der Waals surface area contributed by atoms with E-state index in [4.69, 9.17) is 26.8 Å². The molecule has 0 radical (unpaired) electrons. The zero-order chi connectivity index (χ0) is 14.1. The van der Waals surface area contributed by atoms with Crippen molar-refractivity contribution < 1.29 is 9.47 Å². The van der Waals surface area contributed by atoms with Crippen molar-refractivity contribution in [1.29, 1.82) is 0 Å². The average Bonchev–Trinajstić information content (AvgIpc) is 2.42. The maximum Gasteiger partial charge on any atom is 0.162 e. The number of rotatable bonds is 9. The molecule has 2 N–H and O–H groups in total. The molecule has 0 aliphatic carbocycles. The van der Waals surface area contributed by atoms with Gasteiger partial charge in [0, 0.05) is 11.1 Å². The number of hydrogen-bond acceptors (Lipinski definition) is 3. The van der Waals surface area contributed by atoms with Gasteiger partial charge >= 0.3 is 0 Å². The fraction of sp³-hybridized carbons (Fsp3) is 0.600. The minimum atomic E-state index is 0.662. The summed E-state index contributed by atoms with van der Waals surface area (Å²) < 4.78 is 11.4. The highest BCUT2D eigenvalue weighted by Gasteiger charge is 2.11. The van der Waals surface area contributed by atoms with Crippen LogP contribution in [0.4, 0.5) is 0 Å². The third-order valence-corrected chi connectivity index (χ3v) is 3.04. The van der Waals surface area contributed by atoms with E-state index in [0.717, 1.165) is 47.8 Å². The lowest BCUT2D eigenvalue weighted by atomic mass is 10.1. The van der Waals surface area contributed by atoms with Crippen LogP contribution in [0, 0.1) is 0 Å².